The van der Waals surface area contributed by atoms with Crippen molar-refractivity contribution in [3.05, 3.63) is 29.8 Å². The number of ether oxygens (including phenoxy) is 2. The first kappa shape index (κ1) is 17.8. The van der Waals surface area contributed by atoms with Gasteiger partial charge in [0, 0.05) is 19.1 Å². The van der Waals surface area contributed by atoms with Crippen molar-refractivity contribution in [2.24, 2.45) is 0 Å². The smallest absolute Gasteiger partial charge is 0.230 e. The Morgan fingerprint density at radius 3 is 3.00 bits per heavy atom. The van der Waals surface area contributed by atoms with Crippen LogP contribution < -0.4 is 10.1 Å². The standard InChI is InChI=1S/C21H30N2O3/c1-25-18-8-4-6-16(12-18)21(9-2-3-10-21)20(24)22-13-19-14-23-11-5-7-17(23)15-26-19/h4,6,8,12,17,19H,2-3,5,7,9-11,13-15H2,1H3,(H,22,24). The highest BCUT2D eigenvalue weighted by Gasteiger charge is 2.43. The molecule has 26 heavy (non-hydrogen) atoms. The zero-order chi connectivity index (χ0) is 18.0. The van der Waals surface area contributed by atoms with Crippen LogP contribution in [0.5, 0.6) is 5.75 Å². The van der Waals surface area contributed by atoms with Crippen LogP contribution in [-0.4, -0.2) is 56.3 Å². The molecule has 2 atom stereocenters. The Bertz CT molecular complexity index is 642. The molecule has 2 saturated heterocycles. The minimum absolute atomic E-state index is 0.108. The number of morpholine rings is 1. The second-order valence-corrected chi connectivity index (χ2v) is 7.98. The van der Waals surface area contributed by atoms with E-state index in [2.05, 4.69) is 16.3 Å². The molecule has 1 N–H and O–H groups in total. The molecular weight excluding hydrogens is 328 g/mol. The highest BCUT2D eigenvalue weighted by molar-refractivity contribution is 5.88. The van der Waals surface area contributed by atoms with Crippen molar-refractivity contribution in [1.82, 2.24) is 10.2 Å². The fourth-order valence-electron chi connectivity index (χ4n) is 4.93. The van der Waals surface area contributed by atoms with Crippen molar-refractivity contribution in [3.8, 4) is 5.75 Å². The van der Waals surface area contributed by atoms with E-state index in [1.165, 1.54) is 19.4 Å². The highest BCUT2D eigenvalue weighted by Crippen LogP contribution is 2.42. The lowest BCUT2D eigenvalue weighted by Gasteiger charge is -2.36. The largest absolute Gasteiger partial charge is 0.497 e. The third-order valence-electron chi connectivity index (χ3n) is 6.47. The van der Waals surface area contributed by atoms with Crippen molar-refractivity contribution in [2.75, 3.05) is 33.4 Å². The van der Waals surface area contributed by atoms with E-state index in [9.17, 15) is 4.79 Å². The Labute approximate surface area is 156 Å². The van der Waals surface area contributed by atoms with E-state index < -0.39 is 5.41 Å². The number of rotatable bonds is 5. The van der Waals surface area contributed by atoms with Crippen LogP contribution in [-0.2, 0) is 14.9 Å². The molecule has 1 amide bonds. The zero-order valence-corrected chi connectivity index (χ0v) is 15.7. The zero-order valence-electron chi connectivity index (χ0n) is 15.7. The van der Waals surface area contributed by atoms with E-state index >= 15 is 0 Å². The van der Waals surface area contributed by atoms with Gasteiger partial charge in [-0.3, -0.25) is 9.69 Å². The van der Waals surface area contributed by atoms with Gasteiger partial charge in [0.25, 0.3) is 0 Å². The molecule has 0 bridgehead atoms. The monoisotopic (exact) mass is 358 g/mol. The molecule has 1 saturated carbocycles. The third-order valence-corrected chi connectivity index (χ3v) is 6.47. The van der Waals surface area contributed by atoms with Crippen LogP contribution >= 0.6 is 0 Å². The van der Waals surface area contributed by atoms with E-state index in [4.69, 9.17) is 9.47 Å². The molecule has 3 fully saturated rings. The second-order valence-electron chi connectivity index (χ2n) is 7.98. The van der Waals surface area contributed by atoms with Crippen molar-refractivity contribution < 1.29 is 14.3 Å². The molecule has 0 radical (unpaired) electrons. The van der Waals surface area contributed by atoms with Gasteiger partial charge in [0.05, 0.1) is 25.2 Å². The van der Waals surface area contributed by atoms with Crippen molar-refractivity contribution >= 4 is 5.91 Å². The maximum atomic E-state index is 13.2. The van der Waals surface area contributed by atoms with Crippen LogP contribution in [0, 0.1) is 0 Å². The van der Waals surface area contributed by atoms with Crippen molar-refractivity contribution in [3.63, 3.8) is 0 Å². The SMILES string of the molecule is COc1cccc(C2(C(=O)NCC3CN4CCCC4CO3)CCCC2)c1. The quantitative estimate of drug-likeness (QED) is 0.879. The van der Waals surface area contributed by atoms with E-state index in [1.54, 1.807) is 7.11 Å². The number of benzene rings is 1. The Kier molecular flexibility index (Phi) is 5.18. The predicted octanol–water partition coefficient (Wildman–Crippen LogP) is 2.49. The normalized spacial score (nSPS) is 27.9. The molecule has 3 aliphatic rings. The highest BCUT2D eigenvalue weighted by atomic mass is 16.5. The molecule has 2 aliphatic heterocycles. The number of nitrogens with one attached hydrogen (secondary N) is 1. The average Bonchev–Trinajstić information content (AvgIpc) is 3.35. The van der Waals surface area contributed by atoms with Gasteiger partial charge in [0.15, 0.2) is 0 Å². The van der Waals surface area contributed by atoms with Crippen LogP contribution in [0.15, 0.2) is 24.3 Å². The van der Waals surface area contributed by atoms with Gasteiger partial charge >= 0.3 is 0 Å². The van der Waals surface area contributed by atoms with Gasteiger partial charge in [-0.05, 0) is 49.9 Å². The molecule has 1 aromatic rings. The lowest BCUT2D eigenvalue weighted by molar-refractivity contribution is -0.128. The molecular formula is C21H30N2O3. The molecule has 5 nitrogen and oxygen atoms in total. The van der Waals surface area contributed by atoms with Crippen LogP contribution in [0.3, 0.4) is 0 Å². The Balaban J connectivity index is 1.42. The number of fused-ring (bicyclic) bond motifs is 1. The molecule has 1 aliphatic carbocycles. The summed E-state index contributed by atoms with van der Waals surface area (Å²) in [6.45, 7) is 3.53. The number of carbonyl (C=O) groups is 1. The maximum absolute atomic E-state index is 13.2. The molecule has 4 rings (SSSR count). The van der Waals surface area contributed by atoms with Crippen LogP contribution in [0.1, 0.15) is 44.1 Å². The predicted molar refractivity (Wildman–Crippen MR) is 100 cm³/mol. The van der Waals surface area contributed by atoms with Gasteiger partial charge in [-0.15, -0.1) is 0 Å². The van der Waals surface area contributed by atoms with E-state index in [0.717, 1.165) is 50.1 Å². The van der Waals surface area contributed by atoms with Crippen LogP contribution in [0.25, 0.3) is 0 Å². The summed E-state index contributed by atoms with van der Waals surface area (Å²) >= 11 is 0. The van der Waals surface area contributed by atoms with Crippen LogP contribution in [0.2, 0.25) is 0 Å². The minimum atomic E-state index is -0.417. The first-order chi connectivity index (χ1) is 12.7. The minimum Gasteiger partial charge on any atom is -0.497 e. The van der Waals surface area contributed by atoms with Crippen molar-refractivity contribution in [1.29, 1.82) is 0 Å². The fraction of sp³-hybridized carbons (Fsp3) is 0.667. The summed E-state index contributed by atoms with van der Waals surface area (Å²) in [5.41, 5.74) is 0.662. The number of carbonyl (C=O) groups excluding carboxylic acids is 1. The first-order valence-corrected chi connectivity index (χ1v) is 10.00. The molecule has 2 unspecified atom stereocenters. The average molecular weight is 358 g/mol. The Hall–Kier alpha value is -1.59. The summed E-state index contributed by atoms with van der Waals surface area (Å²) in [7, 11) is 1.67. The van der Waals surface area contributed by atoms with Gasteiger partial charge < -0.3 is 14.8 Å². The maximum Gasteiger partial charge on any atom is 0.230 e. The Morgan fingerprint density at radius 1 is 1.35 bits per heavy atom. The number of nitrogens with zero attached hydrogens (tertiary/aromatic N) is 1. The Morgan fingerprint density at radius 2 is 2.19 bits per heavy atom. The summed E-state index contributed by atoms with van der Waals surface area (Å²) in [6.07, 6.45) is 6.64. The molecule has 1 aromatic carbocycles. The molecule has 0 aromatic heterocycles. The molecule has 2 heterocycles. The van der Waals surface area contributed by atoms with Crippen molar-refractivity contribution in [2.45, 2.75) is 56.1 Å². The third kappa shape index (κ3) is 3.35. The van der Waals surface area contributed by atoms with Crippen LogP contribution in [0.4, 0.5) is 0 Å². The van der Waals surface area contributed by atoms with Gasteiger partial charge in [0.1, 0.15) is 5.75 Å². The van der Waals surface area contributed by atoms with Gasteiger partial charge in [0.2, 0.25) is 5.91 Å². The van der Waals surface area contributed by atoms with E-state index in [0.29, 0.717) is 12.6 Å². The van der Waals surface area contributed by atoms with Gasteiger partial charge in [-0.2, -0.15) is 0 Å². The lowest BCUT2D eigenvalue weighted by atomic mass is 9.78. The molecule has 0 spiro atoms. The fourth-order valence-corrected chi connectivity index (χ4v) is 4.93. The number of methoxy groups -OCH3 is 1. The summed E-state index contributed by atoms with van der Waals surface area (Å²) in [5, 5.41) is 3.22. The molecule has 142 valence electrons. The summed E-state index contributed by atoms with van der Waals surface area (Å²) in [5.74, 6) is 0.965. The van der Waals surface area contributed by atoms with E-state index in [-0.39, 0.29) is 12.0 Å². The number of hydrogen-bond donors (Lipinski definition) is 1. The van der Waals surface area contributed by atoms with Gasteiger partial charge in [-0.25, -0.2) is 0 Å². The number of amides is 1. The van der Waals surface area contributed by atoms with Gasteiger partial charge in [-0.1, -0.05) is 25.0 Å². The van der Waals surface area contributed by atoms with E-state index in [1.807, 2.05) is 18.2 Å². The summed E-state index contributed by atoms with van der Waals surface area (Å²) < 4.78 is 11.4. The lowest BCUT2D eigenvalue weighted by Crippen LogP contribution is -2.52. The number of hydrogen-bond acceptors (Lipinski definition) is 4. The first-order valence-electron chi connectivity index (χ1n) is 10.00. The molecule has 5 heteroatoms. The summed E-state index contributed by atoms with van der Waals surface area (Å²) in [4.78, 5) is 15.7. The summed E-state index contributed by atoms with van der Waals surface area (Å²) in [6, 6.07) is 8.61. The second kappa shape index (κ2) is 7.57. The topological polar surface area (TPSA) is 50.8 Å².